The van der Waals surface area contributed by atoms with E-state index in [1.807, 2.05) is 14.0 Å². The predicted molar refractivity (Wildman–Crippen MR) is 117 cm³/mol. The largest absolute Gasteiger partial charge is 0.459 e. The van der Waals surface area contributed by atoms with Gasteiger partial charge in [0.2, 0.25) is 0 Å². The monoisotopic (exact) mass is 486 g/mol. The van der Waals surface area contributed by atoms with Crippen LogP contribution in [-0.2, 0) is 6.54 Å². The van der Waals surface area contributed by atoms with Crippen LogP contribution in [0.2, 0.25) is 0 Å². The second-order valence-corrected chi connectivity index (χ2v) is 7.32. The highest BCUT2D eigenvalue weighted by atomic mass is 127. The van der Waals surface area contributed by atoms with Gasteiger partial charge in [-0.25, -0.2) is 4.39 Å². The van der Waals surface area contributed by atoms with Crippen molar-refractivity contribution in [3.63, 3.8) is 0 Å². The van der Waals surface area contributed by atoms with Crippen LogP contribution in [0.1, 0.15) is 30.6 Å². The summed E-state index contributed by atoms with van der Waals surface area (Å²) in [4.78, 5) is 9.41. The molecule has 0 aliphatic carbocycles. The van der Waals surface area contributed by atoms with E-state index in [-0.39, 0.29) is 29.8 Å². The number of rotatable bonds is 3. The number of aryl methyl sites for hydroxylation is 1. The van der Waals surface area contributed by atoms with Crippen molar-refractivity contribution in [2.24, 2.45) is 4.99 Å². The molecule has 1 N–H and O–H groups in total. The zero-order chi connectivity index (χ0) is 18.1. The molecule has 2 aromatic rings. The molecule has 1 aromatic carbocycles. The standard InChI is InChI=1S/C20H27FN4O.HI/c1-14-17-11-15(21)5-6-18(17)26-19(14)12-23-20(22-2)25-10-7-16(13-25)24-8-3-4-9-24;/h5-6,11,16H,3-4,7-10,12-13H2,1-2H3,(H,22,23);1H. The number of nitrogens with zero attached hydrogens (tertiary/aromatic N) is 3. The number of likely N-dealkylation sites (tertiary alicyclic amines) is 2. The molecule has 1 aromatic heterocycles. The molecule has 27 heavy (non-hydrogen) atoms. The third-order valence-electron chi connectivity index (χ3n) is 5.74. The van der Waals surface area contributed by atoms with Crippen molar-refractivity contribution >= 4 is 40.9 Å². The number of benzene rings is 1. The second kappa shape index (κ2) is 8.77. The Bertz CT molecular complexity index is 816. The van der Waals surface area contributed by atoms with Crippen molar-refractivity contribution in [1.29, 1.82) is 0 Å². The number of halogens is 2. The Morgan fingerprint density at radius 3 is 2.81 bits per heavy atom. The van der Waals surface area contributed by atoms with Gasteiger partial charge in [-0.3, -0.25) is 9.89 Å². The van der Waals surface area contributed by atoms with Gasteiger partial charge >= 0.3 is 0 Å². The van der Waals surface area contributed by atoms with Gasteiger partial charge in [-0.2, -0.15) is 0 Å². The number of hydrogen-bond donors (Lipinski definition) is 1. The second-order valence-electron chi connectivity index (χ2n) is 7.32. The number of fused-ring (bicyclic) bond motifs is 1. The molecule has 0 radical (unpaired) electrons. The fourth-order valence-corrected chi connectivity index (χ4v) is 4.24. The fourth-order valence-electron chi connectivity index (χ4n) is 4.24. The molecule has 0 bridgehead atoms. The summed E-state index contributed by atoms with van der Waals surface area (Å²) in [5, 5.41) is 4.26. The van der Waals surface area contributed by atoms with Crippen molar-refractivity contribution in [2.75, 3.05) is 33.2 Å². The van der Waals surface area contributed by atoms with E-state index < -0.39 is 0 Å². The summed E-state index contributed by atoms with van der Waals surface area (Å²) < 4.78 is 19.4. The normalized spacial score (nSPS) is 21.1. The maximum atomic E-state index is 13.5. The van der Waals surface area contributed by atoms with Gasteiger partial charge in [0.15, 0.2) is 5.96 Å². The van der Waals surface area contributed by atoms with Crippen LogP contribution < -0.4 is 5.32 Å². The SMILES string of the molecule is CN=C(NCc1oc2ccc(F)cc2c1C)N1CCC(N2CCCC2)C1.I. The molecular formula is C20H28FIN4O. The Morgan fingerprint density at radius 1 is 1.30 bits per heavy atom. The van der Waals surface area contributed by atoms with E-state index in [4.69, 9.17) is 4.42 Å². The quantitative estimate of drug-likeness (QED) is 0.408. The summed E-state index contributed by atoms with van der Waals surface area (Å²) in [7, 11) is 1.83. The minimum Gasteiger partial charge on any atom is -0.459 e. The van der Waals surface area contributed by atoms with Gasteiger partial charge in [0.25, 0.3) is 0 Å². The third kappa shape index (κ3) is 4.23. The molecule has 0 spiro atoms. The summed E-state index contributed by atoms with van der Waals surface area (Å²) in [6.45, 7) is 7.07. The van der Waals surface area contributed by atoms with Gasteiger partial charge in [0.1, 0.15) is 17.2 Å². The van der Waals surface area contributed by atoms with Gasteiger partial charge in [-0.1, -0.05) is 0 Å². The molecule has 148 valence electrons. The topological polar surface area (TPSA) is 44.0 Å². The summed E-state index contributed by atoms with van der Waals surface area (Å²) in [6.07, 6.45) is 3.86. The Balaban J connectivity index is 0.00000210. The van der Waals surface area contributed by atoms with Gasteiger partial charge in [0.05, 0.1) is 6.54 Å². The van der Waals surface area contributed by atoms with Crippen molar-refractivity contribution in [2.45, 2.75) is 38.8 Å². The lowest BCUT2D eigenvalue weighted by Gasteiger charge is -2.25. The lowest BCUT2D eigenvalue weighted by molar-refractivity contribution is 0.249. The van der Waals surface area contributed by atoms with Crippen LogP contribution in [0.3, 0.4) is 0 Å². The van der Waals surface area contributed by atoms with Crippen LogP contribution in [0.15, 0.2) is 27.6 Å². The number of nitrogens with one attached hydrogen (secondary N) is 1. The molecule has 3 heterocycles. The molecule has 5 nitrogen and oxygen atoms in total. The molecule has 1 atom stereocenters. The van der Waals surface area contributed by atoms with Crippen molar-refractivity contribution in [3.05, 3.63) is 35.3 Å². The lowest BCUT2D eigenvalue weighted by Crippen LogP contribution is -2.42. The molecule has 4 rings (SSSR count). The van der Waals surface area contributed by atoms with Crippen LogP contribution in [0, 0.1) is 12.7 Å². The average Bonchev–Trinajstić information content (AvgIpc) is 3.37. The van der Waals surface area contributed by atoms with E-state index in [9.17, 15) is 4.39 Å². The summed E-state index contributed by atoms with van der Waals surface area (Å²) in [6, 6.07) is 5.31. The third-order valence-corrected chi connectivity index (χ3v) is 5.74. The zero-order valence-electron chi connectivity index (χ0n) is 16.0. The highest BCUT2D eigenvalue weighted by Crippen LogP contribution is 2.26. The van der Waals surface area contributed by atoms with Gasteiger partial charge in [0, 0.05) is 37.1 Å². The van der Waals surface area contributed by atoms with Crippen molar-refractivity contribution in [1.82, 2.24) is 15.1 Å². The van der Waals surface area contributed by atoms with Crippen molar-refractivity contribution < 1.29 is 8.81 Å². The van der Waals surface area contributed by atoms with E-state index in [2.05, 4.69) is 20.1 Å². The van der Waals surface area contributed by atoms with Crippen LogP contribution in [0.5, 0.6) is 0 Å². The zero-order valence-corrected chi connectivity index (χ0v) is 18.3. The van der Waals surface area contributed by atoms with Crippen LogP contribution in [0.4, 0.5) is 4.39 Å². The highest BCUT2D eigenvalue weighted by Gasteiger charge is 2.30. The molecule has 2 aliphatic rings. The maximum Gasteiger partial charge on any atom is 0.194 e. The summed E-state index contributed by atoms with van der Waals surface area (Å²) in [5.41, 5.74) is 1.71. The first-order valence-corrected chi connectivity index (χ1v) is 9.53. The maximum absolute atomic E-state index is 13.5. The average molecular weight is 486 g/mol. The number of guanidine groups is 1. The number of hydrogen-bond acceptors (Lipinski definition) is 3. The van der Waals surface area contributed by atoms with E-state index in [0.717, 1.165) is 41.3 Å². The lowest BCUT2D eigenvalue weighted by atomic mass is 10.1. The first-order valence-electron chi connectivity index (χ1n) is 9.53. The van der Waals surface area contributed by atoms with Crippen LogP contribution in [-0.4, -0.2) is 55.0 Å². The predicted octanol–water partition coefficient (Wildman–Crippen LogP) is 3.74. The van der Waals surface area contributed by atoms with Gasteiger partial charge in [-0.15, -0.1) is 24.0 Å². The minimum absolute atomic E-state index is 0. The van der Waals surface area contributed by atoms with Gasteiger partial charge < -0.3 is 14.6 Å². The smallest absolute Gasteiger partial charge is 0.194 e. The minimum atomic E-state index is -0.234. The Kier molecular flexibility index (Phi) is 6.62. The first-order chi connectivity index (χ1) is 12.7. The Labute approximate surface area is 177 Å². The van der Waals surface area contributed by atoms with E-state index >= 15 is 0 Å². The van der Waals surface area contributed by atoms with Gasteiger partial charge in [-0.05, 0) is 57.5 Å². The summed E-state index contributed by atoms with van der Waals surface area (Å²) >= 11 is 0. The van der Waals surface area contributed by atoms with Crippen LogP contribution in [0.25, 0.3) is 11.0 Å². The molecule has 2 fully saturated rings. The van der Waals surface area contributed by atoms with E-state index in [1.165, 1.54) is 44.5 Å². The molecular weight excluding hydrogens is 458 g/mol. The molecule has 2 aliphatic heterocycles. The summed E-state index contributed by atoms with van der Waals surface area (Å²) in [5.74, 6) is 1.52. The molecule has 1 unspecified atom stereocenters. The number of aliphatic imine (C=N–C) groups is 1. The van der Waals surface area contributed by atoms with Crippen LogP contribution >= 0.6 is 24.0 Å². The molecule has 0 amide bonds. The van der Waals surface area contributed by atoms with Crippen molar-refractivity contribution in [3.8, 4) is 0 Å². The number of furan rings is 1. The first kappa shape index (κ1) is 20.4. The highest BCUT2D eigenvalue weighted by molar-refractivity contribution is 14.0. The Hall–Kier alpha value is -1.35. The van der Waals surface area contributed by atoms with E-state index in [0.29, 0.717) is 12.6 Å². The molecule has 7 heteroatoms. The molecule has 0 saturated carbocycles. The Morgan fingerprint density at radius 2 is 2.07 bits per heavy atom. The fraction of sp³-hybridized carbons (Fsp3) is 0.550. The van der Waals surface area contributed by atoms with E-state index in [1.54, 1.807) is 6.07 Å². The molecule has 2 saturated heterocycles.